The molecule has 0 atom stereocenters. The van der Waals surface area contributed by atoms with Gasteiger partial charge in [-0.15, -0.1) is 0 Å². The molecule has 1 heterocycles. The zero-order valence-corrected chi connectivity index (χ0v) is 8.66. The van der Waals surface area contributed by atoms with E-state index < -0.39 is 5.97 Å². The van der Waals surface area contributed by atoms with E-state index in [0.29, 0.717) is 5.82 Å². The van der Waals surface area contributed by atoms with Gasteiger partial charge in [-0.2, -0.15) is 0 Å². The number of nitrogens with one attached hydrogen (secondary N) is 1. The van der Waals surface area contributed by atoms with Crippen molar-refractivity contribution in [1.82, 2.24) is 9.97 Å². The Kier molecular flexibility index (Phi) is 2.87. The highest BCUT2D eigenvalue weighted by Crippen LogP contribution is 2.17. The van der Waals surface area contributed by atoms with E-state index in [1.54, 1.807) is 12.1 Å². The first-order valence-electron chi connectivity index (χ1n) is 4.76. The number of aromatic carboxylic acids is 1. The highest BCUT2D eigenvalue weighted by molar-refractivity contribution is 5.85. The van der Waals surface area contributed by atoms with E-state index in [4.69, 9.17) is 10.2 Å². The largest absolute Gasteiger partial charge is 0.508 e. The van der Waals surface area contributed by atoms with Gasteiger partial charge < -0.3 is 15.5 Å². The van der Waals surface area contributed by atoms with Gasteiger partial charge in [-0.25, -0.2) is 14.8 Å². The number of rotatable bonds is 3. The minimum absolute atomic E-state index is 0.110. The molecule has 1 aromatic heterocycles. The summed E-state index contributed by atoms with van der Waals surface area (Å²) in [4.78, 5) is 18.2. The number of carbonyl (C=O) groups is 1. The van der Waals surface area contributed by atoms with E-state index in [-0.39, 0.29) is 11.4 Å². The summed E-state index contributed by atoms with van der Waals surface area (Å²) in [6, 6.07) is 6.40. The molecule has 0 aliphatic rings. The van der Waals surface area contributed by atoms with Gasteiger partial charge in [0.25, 0.3) is 0 Å². The van der Waals surface area contributed by atoms with Crippen LogP contribution < -0.4 is 5.32 Å². The van der Waals surface area contributed by atoms with Crippen LogP contribution in [0.5, 0.6) is 5.75 Å². The fourth-order valence-corrected chi connectivity index (χ4v) is 1.20. The first kappa shape index (κ1) is 10.9. The van der Waals surface area contributed by atoms with Crippen LogP contribution in [0.3, 0.4) is 0 Å². The molecule has 0 amide bonds. The monoisotopic (exact) mass is 231 g/mol. The topological polar surface area (TPSA) is 95.3 Å². The average molecular weight is 231 g/mol. The molecule has 6 heteroatoms. The second-order valence-electron chi connectivity index (χ2n) is 3.26. The van der Waals surface area contributed by atoms with E-state index in [1.165, 1.54) is 24.5 Å². The Labute approximate surface area is 96.6 Å². The molecule has 1 aromatic carbocycles. The maximum absolute atomic E-state index is 10.6. The summed E-state index contributed by atoms with van der Waals surface area (Å²) >= 11 is 0. The summed E-state index contributed by atoms with van der Waals surface area (Å²) in [5.41, 5.74) is 0.612. The van der Waals surface area contributed by atoms with Crippen LogP contribution in [0.25, 0.3) is 0 Å². The SMILES string of the molecule is O=C(O)c1cnc(Nc2ccc(O)cc2)cn1. The Morgan fingerprint density at radius 3 is 2.35 bits per heavy atom. The molecule has 0 bridgehead atoms. The van der Waals surface area contributed by atoms with Gasteiger partial charge in [-0.3, -0.25) is 0 Å². The third-order valence-electron chi connectivity index (χ3n) is 2.01. The van der Waals surface area contributed by atoms with E-state index in [0.717, 1.165) is 5.69 Å². The summed E-state index contributed by atoms with van der Waals surface area (Å²) in [6.45, 7) is 0. The van der Waals surface area contributed by atoms with Crippen LogP contribution in [0.2, 0.25) is 0 Å². The molecule has 6 nitrogen and oxygen atoms in total. The summed E-state index contributed by atoms with van der Waals surface area (Å²) in [5, 5.41) is 20.7. The number of hydrogen-bond donors (Lipinski definition) is 3. The molecule has 0 unspecified atom stereocenters. The molecular weight excluding hydrogens is 222 g/mol. The van der Waals surface area contributed by atoms with Gasteiger partial charge in [0.1, 0.15) is 11.6 Å². The van der Waals surface area contributed by atoms with Crippen molar-refractivity contribution in [3.05, 3.63) is 42.4 Å². The van der Waals surface area contributed by atoms with Crippen molar-refractivity contribution in [3.8, 4) is 5.75 Å². The molecule has 86 valence electrons. The quantitative estimate of drug-likeness (QED) is 0.695. The molecule has 17 heavy (non-hydrogen) atoms. The molecular formula is C11H9N3O3. The van der Waals surface area contributed by atoms with Crippen LogP contribution in [-0.2, 0) is 0 Å². The van der Waals surface area contributed by atoms with E-state index in [9.17, 15) is 4.79 Å². The highest BCUT2D eigenvalue weighted by atomic mass is 16.4. The second kappa shape index (κ2) is 4.48. The van der Waals surface area contributed by atoms with Crippen LogP contribution in [-0.4, -0.2) is 26.2 Å². The predicted molar refractivity (Wildman–Crippen MR) is 60.4 cm³/mol. The van der Waals surface area contributed by atoms with Gasteiger partial charge in [0.15, 0.2) is 5.69 Å². The van der Waals surface area contributed by atoms with Crippen molar-refractivity contribution in [2.75, 3.05) is 5.32 Å². The fourth-order valence-electron chi connectivity index (χ4n) is 1.20. The zero-order chi connectivity index (χ0) is 12.3. The fraction of sp³-hybridized carbons (Fsp3) is 0. The predicted octanol–water partition coefficient (Wildman–Crippen LogP) is 1.62. The van der Waals surface area contributed by atoms with Crippen LogP contribution in [0.1, 0.15) is 10.5 Å². The molecule has 0 spiro atoms. The first-order chi connectivity index (χ1) is 8.15. The minimum atomic E-state index is -1.12. The number of phenols is 1. The molecule has 0 saturated heterocycles. The number of nitrogens with zero attached hydrogens (tertiary/aromatic N) is 2. The van der Waals surface area contributed by atoms with Crippen molar-refractivity contribution < 1.29 is 15.0 Å². The number of benzene rings is 1. The van der Waals surface area contributed by atoms with Crippen LogP contribution >= 0.6 is 0 Å². The van der Waals surface area contributed by atoms with Crippen molar-refractivity contribution in [3.63, 3.8) is 0 Å². The van der Waals surface area contributed by atoms with Gasteiger partial charge in [-0.1, -0.05) is 0 Å². The third-order valence-corrected chi connectivity index (χ3v) is 2.01. The third kappa shape index (κ3) is 2.69. The van der Waals surface area contributed by atoms with Crippen LogP contribution in [0, 0.1) is 0 Å². The molecule has 0 aliphatic heterocycles. The van der Waals surface area contributed by atoms with Crippen LogP contribution in [0.4, 0.5) is 11.5 Å². The second-order valence-corrected chi connectivity index (χ2v) is 3.26. The molecule has 2 aromatic rings. The number of aromatic hydroxyl groups is 1. The normalized spacial score (nSPS) is 9.88. The van der Waals surface area contributed by atoms with Crippen molar-refractivity contribution in [1.29, 1.82) is 0 Å². The molecule has 0 radical (unpaired) electrons. The molecule has 3 N–H and O–H groups in total. The number of hydrogen-bond acceptors (Lipinski definition) is 5. The van der Waals surface area contributed by atoms with E-state index in [2.05, 4.69) is 15.3 Å². The maximum atomic E-state index is 10.6. The molecule has 0 aliphatic carbocycles. The Morgan fingerprint density at radius 2 is 1.82 bits per heavy atom. The maximum Gasteiger partial charge on any atom is 0.356 e. The molecule has 2 rings (SSSR count). The van der Waals surface area contributed by atoms with Gasteiger partial charge in [-0.05, 0) is 24.3 Å². The Hall–Kier alpha value is -2.63. The lowest BCUT2D eigenvalue weighted by Gasteiger charge is -2.04. The Balaban J connectivity index is 2.13. The Bertz CT molecular complexity index is 523. The van der Waals surface area contributed by atoms with E-state index in [1.807, 2.05) is 0 Å². The van der Waals surface area contributed by atoms with Crippen molar-refractivity contribution in [2.24, 2.45) is 0 Å². The summed E-state index contributed by atoms with van der Waals surface area (Å²) in [5.74, 6) is -0.516. The van der Waals surface area contributed by atoms with Crippen molar-refractivity contribution >= 4 is 17.5 Å². The van der Waals surface area contributed by atoms with E-state index >= 15 is 0 Å². The molecule has 0 saturated carbocycles. The van der Waals surface area contributed by atoms with Gasteiger partial charge in [0, 0.05) is 5.69 Å². The lowest BCUT2D eigenvalue weighted by molar-refractivity contribution is 0.0690. The number of aromatic nitrogens is 2. The lowest BCUT2D eigenvalue weighted by atomic mass is 10.3. The van der Waals surface area contributed by atoms with Gasteiger partial charge in [0.2, 0.25) is 0 Å². The minimum Gasteiger partial charge on any atom is -0.508 e. The average Bonchev–Trinajstić information content (AvgIpc) is 2.33. The van der Waals surface area contributed by atoms with Crippen LogP contribution in [0.15, 0.2) is 36.7 Å². The number of anilines is 2. The summed E-state index contributed by atoms with van der Waals surface area (Å²) in [7, 11) is 0. The number of carboxylic acid groups (broad SMARTS) is 1. The van der Waals surface area contributed by atoms with Gasteiger partial charge >= 0.3 is 5.97 Å². The Morgan fingerprint density at radius 1 is 1.12 bits per heavy atom. The summed E-state index contributed by atoms with van der Waals surface area (Å²) < 4.78 is 0. The standard InChI is InChI=1S/C11H9N3O3/c15-8-3-1-7(2-4-8)14-10-6-12-9(5-13-10)11(16)17/h1-6,15H,(H,13,14)(H,16,17). The smallest absolute Gasteiger partial charge is 0.356 e. The van der Waals surface area contributed by atoms with Gasteiger partial charge in [0.05, 0.1) is 12.4 Å². The lowest BCUT2D eigenvalue weighted by Crippen LogP contribution is -2.02. The molecule has 0 fully saturated rings. The zero-order valence-electron chi connectivity index (χ0n) is 8.66. The highest BCUT2D eigenvalue weighted by Gasteiger charge is 2.04. The van der Waals surface area contributed by atoms with Crippen molar-refractivity contribution in [2.45, 2.75) is 0 Å². The number of carboxylic acids is 1. The summed E-state index contributed by atoms with van der Waals surface area (Å²) in [6.07, 6.45) is 2.50. The number of phenolic OH excluding ortho intramolecular Hbond substituents is 1. The first-order valence-corrected chi connectivity index (χ1v) is 4.76.